The van der Waals surface area contributed by atoms with Crippen molar-refractivity contribution in [3.63, 3.8) is 0 Å². The molecule has 0 heterocycles. The molecule has 1 unspecified atom stereocenters. The van der Waals surface area contributed by atoms with Crippen LogP contribution in [0.2, 0.25) is 0 Å². The Morgan fingerprint density at radius 2 is 1.67 bits per heavy atom. The summed E-state index contributed by atoms with van der Waals surface area (Å²) in [6, 6.07) is 12.4. The number of ether oxygens (including phenoxy) is 2. The van der Waals surface area contributed by atoms with E-state index in [4.69, 9.17) is 4.74 Å². The van der Waals surface area contributed by atoms with Gasteiger partial charge in [-0.05, 0) is 35.4 Å². The van der Waals surface area contributed by atoms with Crippen molar-refractivity contribution < 1.29 is 27.0 Å². The van der Waals surface area contributed by atoms with Crippen molar-refractivity contribution >= 4 is 29.9 Å². The standard InChI is InChI=1S/C20H23F4N3O2.HI/c1-25-19(27-12-18(28-2)15-5-7-16(21)8-6-15)26-11-14-3-9-17(10-4-14)29-13-20(22,23)24;/h3-10,18H,11-13H2,1-2H3,(H2,25,26,27);1H. The minimum Gasteiger partial charge on any atom is -0.484 e. The molecule has 0 radical (unpaired) electrons. The van der Waals surface area contributed by atoms with Crippen LogP contribution in [-0.4, -0.2) is 39.4 Å². The van der Waals surface area contributed by atoms with Crippen LogP contribution in [0.5, 0.6) is 5.75 Å². The monoisotopic (exact) mass is 541 g/mol. The largest absolute Gasteiger partial charge is 0.484 e. The second-order valence-corrected chi connectivity index (χ2v) is 6.13. The fraction of sp³-hybridized carbons (Fsp3) is 0.350. The predicted octanol–water partition coefficient (Wildman–Crippen LogP) is 4.44. The number of methoxy groups -OCH3 is 1. The molecule has 0 saturated carbocycles. The van der Waals surface area contributed by atoms with Gasteiger partial charge in [-0.25, -0.2) is 4.39 Å². The quantitative estimate of drug-likeness (QED) is 0.225. The first kappa shape index (κ1) is 26.0. The predicted molar refractivity (Wildman–Crippen MR) is 118 cm³/mol. The highest BCUT2D eigenvalue weighted by Crippen LogP contribution is 2.19. The van der Waals surface area contributed by atoms with Crippen LogP contribution in [0.25, 0.3) is 0 Å². The molecule has 0 aliphatic rings. The summed E-state index contributed by atoms with van der Waals surface area (Å²) in [6.45, 7) is -0.505. The number of hydrogen-bond donors (Lipinski definition) is 2. The summed E-state index contributed by atoms with van der Waals surface area (Å²) in [7, 11) is 3.18. The van der Waals surface area contributed by atoms with Gasteiger partial charge in [-0.2, -0.15) is 13.2 Å². The minimum atomic E-state index is -4.37. The van der Waals surface area contributed by atoms with Gasteiger partial charge in [-0.15, -0.1) is 24.0 Å². The van der Waals surface area contributed by atoms with E-state index in [2.05, 4.69) is 20.4 Å². The van der Waals surface area contributed by atoms with Gasteiger partial charge < -0.3 is 20.1 Å². The molecule has 1 atom stereocenters. The Morgan fingerprint density at radius 3 is 2.20 bits per heavy atom. The van der Waals surface area contributed by atoms with Gasteiger partial charge in [0.2, 0.25) is 0 Å². The summed E-state index contributed by atoms with van der Waals surface area (Å²) in [4.78, 5) is 4.12. The average molecular weight is 541 g/mol. The summed E-state index contributed by atoms with van der Waals surface area (Å²) in [5, 5.41) is 6.23. The molecule has 2 aromatic rings. The molecule has 0 bridgehead atoms. The Hall–Kier alpha value is -2.08. The van der Waals surface area contributed by atoms with Gasteiger partial charge in [0.25, 0.3) is 0 Å². The van der Waals surface area contributed by atoms with Crippen LogP contribution < -0.4 is 15.4 Å². The molecule has 0 amide bonds. The van der Waals surface area contributed by atoms with E-state index in [1.807, 2.05) is 0 Å². The SMILES string of the molecule is CN=C(NCc1ccc(OCC(F)(F)F)cc1)NCC(OC)c1ccc(F)cc1.I. The lowest BCUT2D eigenvalue weighted by Crippen LogP contribution is -2.39. The number of alkyl halides is 3. The molecule has 0 fully saturated rings. The second-order valence-electron chi connectivity index (χ2n) is 6.13. The maximum Gasteiger partial charge on any atom is 0.422 e. The zero-order valence-corrected chi connectivity index (χ0v) is 18.8. The first-order chi connectivity index (χ1) is 13.8. The van der Waals surface area contributed by atoms with E-state index in [-0.39, 0.29) is 41.6 Å². The van der Waals surface area contributed by atoms with Crippen LogP contribution >= 0.6 is 24.0 Å². The fourth-order valence-electron chi connectivity index (χ4n) is 2.48. The molecule has 0 spiro atoms. The number of halogens is 5. The maximum atomic E-state index is 13.1. The molecule has 166 valence electrons. The fourth-order valence-corrected chi connectivity index (χ4v) is 2.48. The van der Waals surface area contributed by atoms with Crippen molar-refractivity contribution in [3.05, 3.63) is 65.5 Å². The van der Waals surface area contributed by atoms with Crippen molar-refractivity contribution in [1.82, 2.24) is 10.6 Å². The van der Waals surface area contributed by atoms with Gasteiger partial charge in [-0.3, -0.25) is 4.99 Å². The lowest BCUT2D eigenvalue weighted by Gasteiger charge is -2.19. The Kier molecular flexibility index (Phi) is 10.9. The number of aliphatic imine (C=N–C) groups is 1. The van der Waals surface area contributed by atoms with Crippen LogP contribution in [0, 0.1) is 5.82 Å². The first-order valence-corrected chi connectivity index (χ1v) is 8.82. The summed E-state index contributed by atoms with van der Waals surface area (Å²) < 4.78 is 59.7. The molecular weight excluding hydrogens is 517 g/mol. The highest BCUT2D eigenvalue weighted by molar-refractivity contribution is 14.0. The number of nitrogens with one attached hydrogen (secondary N) is 2. The van der Waals surface area contributed by atoms with E-state index in [1.165, 1.54) is 24.3 Å². The summed E-state index contributed by atoms with van der Waals surface area (Å²) in [5.74, 6) is 0.353. The number of rotatable bonds is 8. The molecule has 2 N–H and O–H groups in total. The van der Waals surface area contributed by atoms with Crippen molar-refractivity contribution in [1.29, 1.82) is 0 Å². The van der Waals surface area contributed by atoms with Gasteiger partial charge in [0.15, 0.2) is 12.6 Å². The molecule has 0 aromatic heterocycles. The van der Waals surface area contributed by atoms with Crippen molar-refractivity contribution in [2.24, 2.45) is 4.99 Å². The maximum absolute atomic E-state index is 13.1. The number of nitrogens with zero attached hydrogens (tertiary/aromatic N) is 1. The molecule has 10 heteroatoms. The third-order valence-electron chi connectivity index (χ3n) is 3.99. The summed E-state index contributed by atoms with van der Waals surface area (Å²) in [6.07, 6.45) is -4.66. The zero-order chi connectivity index (χ0) is 21.3. The Balaban J connectivity index is 0.00000450. The lowest BCUT2D eigenvalue weighted by molar-refractivity contribution is -0.153. The van der Waals surface area contributed by atoms with E-state index in [9.17, 15) is 17.6 Å². The highest BCUT2D eigenvalue weighted by Gasteiger charge is 2.28. The molecular formula is C20H24F4IN3O2. The van der Waals surface area contributed by atoms with E-state index in [0.29, 0.717) is 19.0 Å². The van der Waals surface area contributed by atoms with Gasteiger partial charge in [0.05, 0.1) is 6.10 Å². The van der Waals surface area contributed by atoms with Gasteiger partial charge >= 0.3 is 6.18 Å². The summed E-state index contributed by atoms with van der Waals surface area (Å²) >= 11 is 0. The van der Waals surface area contributed by atoms with Gasteiger partial charge in [-0.1, -0.05) is 24.3 Å². The Morgan fingerprint density at radius 1 is 1.03 bits per heavy atom. The molecule has 0 aliphatic heterocycles. The molecule has 0 saturated heterocycles. The van der Waals surface area contributed by atoms with Crippen molar-refractivity contribution in [2.45, 2.75) is 18.8 Å². The minimum absolute atomic E-state index is 0. The number of benzene rings is 2. The summed E-state index contributed by atoms with van der Waals surface area (Å²) in [5.41, 5.74) is 1.67. The normalized spacial score (nSPS) is 12.7. The van der Waals surface area contributed by atoms with Gasteiger partial charge in [0, 0.05) is 27.2 Å². The van der Waals surface area contributed by atoms with E-state index < -0.39 is 12.8 Å². The molecule has 2 aromatic carbocycles. The number of guanidine groups is 1. The third-order valence-corrected chi connectivity index (χ3v) is 3.99. The topological polar surface area (TPSA) is 54.9 Å². The van der Waals surface area contributed by atoms with Crippen LogP contribution in [0.3, 0.4) is 0 Å². The van der Waals surface area contributed by atoms with Gasteiger partial charge in [0.1, 0.15) is 11.6 Å². The van der Waals surface area contributed by atoms with Crippen LogP contribution in [0.4, 0.5) is 17.6 Å². The van der Waals surface area contributed by atoms with Crippen LogP contribution in [0.1, 0.15) is 17.2 Å². The third kappa shape index (κ3) is 9.16. The van der Waals surface area contributed by atoms with Crippen LogP contribution in [0.15, 0.2) is 53.5 Å². The molecule has 0 aliphatic carbocycles. The molecule has 2 rings (SSSR count). The second kappa shape index (κ2) is 12.6. The highest BCUT2D eigenvalue weighted by atomic mass is 127. The van der Waals surface area contributed by atoms with Crippen molar-refractivity contribution in [2.75, 3.05) is 27.3 Å². The van der Waals surface area contributed by atoms with Crippen molar-refractivity contribution in [3.8, 4) is 5.75 Å². The van der Waals surface area contributed by atoms with E-state index in [0.717, 1.165) is 11.1 Å². The van der Waals surface area contributed by atoms with E-state index >= 15 is 0 Å². The smallest absolute Gasteiger partial charge is 0.422 e. The zero-order valence-electron chi connectivity index (χ0n) is 16.5. The van der Waals surface area contributed by atoms with E-state index in [1.54, 1.807) is 38.4 Å². The first-order valence-electron chi connectivity index (χ1n) is 8.82. The van der Waals surface area contributed by atoms with Crippen LogP contribution in [-0.2, 0) is 11.3 Å². The Labute approximate surface area is 189 Å². The molecule has 30 heavy (non-hydrogen) atoms. The average Bonchev–Trinajstić information content (AvgIpc) is 2.70. The number of hydrogen-bond acceptors (Lipinski definition) is 3. The lowest BCUT2D eigenvalue weighted by atomic mass is 10.1. The Bertz CT molecular complexity index is 784. The molecule has 5 nitrogen and oxygen atoms in total.